The number of nitrogens with one attached hydrogen (secondary N) is 1. The van der Waals surface area contributed by atoms with Crippen molar-refractivity contribution in [1.29, 1.82) is 0 Å². The van der Waals surface area contributed by atoms with Crippen LogP contribution in [-0.2, 0) is 11.2 Å². The lowest BCUT2D eigenvalue weighted by Crippen LogP contribution is -2.12. The standard InChI is InChI=1S/C19H16ClN3O4/c20-15-8-2-1-7-14(15)18-22-17(27-23-18)10-4-9-16(24)21-13-6-3-5-12(11-13)19(25)26/h1-3,5-8,11H,4,9-10H2,(H,21,24)(H,25,26). The zero-order valence-corrected chi connectivity index (χ0v) is 14.9. The Morgan fingerprint density at radius 2 is 1.96 bits per heavy atom. The Morgan fingerprint density at radius 1 is 1.15 bits per heavy atom. The number of hydrogen-bond donors (Lipinski definition) is 2. The molecule has 0 radical (unpaired) electrons. The van der Waals surface area contributed by atoms with Crippen LogP contribution in [0, 0.1) is 0 Å². The first kappa shape index (κ1) is 18.6. The lowest BCUT2D eigenvalue weighted by atomic mass is 10.2. The van der Waals surface area contributed by atoms with Crippen molar-refractivity contribution in [3.8, 4) is 11.4 Å². The van der Waals surface area contributed by atoms with Crippen LogP contribution >= 0.6 is 11.6 Å². The topological polar surface area (TPSA) is 105 Å². The number of carboxylic acid groups (broad SMARTS) is 1. The zero-order valence-electron chi connectivity index (χ0n) is 14.2. The van der Waals surface area contributed by atoms with Gasteiger partial charge in [0.2, 0.25) is 17.6 Å². The van der Waals surface area contributed by atoms with Gasteiger partial charge in [-0.3, -0.25) is 4.79 Å². The van der Waals surface area contributed by atoms with Crippen molar-refractivity contribution in [3.63, 3.8) is 0 Å². The van der Waals surface area contributed by atoms with Gasteiger partial charge < -0.3 is 14.9 Å². The van der Waals surface area contributed by atoms with Gasteiger partial charge in [-0.05, 0) is 36.8 Å². The van der Waals surface area contributed by atoms with Crippen LogP contribution in [0.1, 0.15) is 29.1 Å². The molecule has 0 saturated heterocycles. The Hall–Kier alpha value is -3.19. The molecule has 2 N–H and O–H groups in total. The average Bonchev–Trinajstić information content (AvgIpc) is 3.11. The van der Waals surface area contributed by atoms with Crippen molar-refractivity contribution in [2.75, 3.05) is 5.32 Å². The van der Waals surface area contributed by atoms with Crippen molar-refractivity contribution >= 4 is 29.2 Å². The maximum absolute atomic E-state index is 12.0. The maximum Gasteiger partial charge on any atom is 0.335 e. The van der Waals surface area contributed by atoms with Crippen LogP contribution in [0.5, 0.6) is 0 Å². The number of nitrogens with zero attached hydrogens (tertiary/aromatic N) is 2. The van der Waals surface area contributed by atoms with Gasteiger partial charge in [0.05, 0.1) is 10.6 Å². The third-order valence-corrected chi connectivity index (χ3v) is 4.10. The van der Waals surface area contributed by atoms with Gasteiger partial charge in [-0.15, -0.1) is 0 Å². The van der Waals surface area contributed by atoms with E-state index in [-0.39, 0.29) is 17.9 Å². The molecule has 0 aliphatic rings. The van der Waals surface area contributed by atoms with E-state index in [2.05, 4.69) is 15.5 Å². The van der Waals surface area contributed by atoms with Crippen LogP contribution in [0.15, 0.2) is 53.1 Å². The van der Waals surface area contributed by atoms with Crippen LogP contribution in [0.3, 0.4) is 0 Å². The van der Waals surface area contributed by atoms with E-state index < -0.39 is 5.97 Å². The van der Waals surface area contributed by atoms with Gasteiger partial charge >= 0.3 is 5.97 Å². The van der Waals surface area contributed by atoms with E-state index in [1.165, 1.54) is 12.1 Å². The summed E-state index contributed by atoms with van der Waals surface area (Å²) in [4.78, 5) is 27.3. The van der Waals surface area contributed by atoms with E-state index in [9.17, 15) is 9.59 Å². The molecule has 8 heteroatoms. The highest BCUT2D eigenvalue weighted by atomic mass is 35.5. The minimum absolute atomic E-state index is 0.116. The predicted octanol–water partition coefficient (Wildman–Crippen LogP) is 4.05. The number of benzene rings is 2. The van der Waals surface area contributed by atoms with Crippen molar-refractivity contribution in [2.45, 2.75) is 19.3 Å². The molecule has 0 fully saturated rings. The fraction of sp³-hybridized carbons (Fsp3) is 0.158. The van der Waals surface area contributed by atoms with E-state index >= 15 is 0 Å². The first-order chi connectivity index (χ1) is 13.0. The van der Waals surface area contributed by atoms with Gasteiger partial charge in [0, 0.05) is 24.1 Å². The number of aromatic carboxylic acids is 1. The fourth-order valence-electron chi connectivity index (χ4n) is 2.46. The summed E-state index contributed by atoms with van der Waals surface area (Å²) in [6.07, 6.45) is 1.19. The Labute approximate surface area is 160 Å². The molecule has 1 aromatic heterocycles. The number of aromatic nitrogens is 2. The molecule has 2 aromatic carbocycles. The fourth-order valence-corrected chi connectivity index (χ4v) is 2.68. The first-order valence-electron chi connectivity index (χ1n) is 8.23. The van der Waals surface area contributed by atoms with Crippen LogP contribution in [0.2, 0.25) is 5.02 Å². The number of rotatable bonds is 7. The molecule has 1 heterocycles. The minimum atomic E-state index is -1.04. The third kappa shape index (κ3) is 4.92. The van der Waals surface area contributed by atoms with Crippen LogP contribution in [-0.4, -0.2) is 27.1 Å². The number of carboxylic acids is 1. The summed E-state index contributed by atoms with van der Waals surface area (Å²) >= 11 is 6.11. The lowest BCUT2D eigenvalue weighted by Gasteiger charge is -2.05. The Morgan fingerprint density at radius 3 is 2.74 bits per heavy atom. The summed E-state index contributed by atoms with van der Waals surface area (Å²) in [6.45, 7) is 0. The summed E-state index contributed by atoms with van der Waals surface area (Å²) in [6, 6.07) is 13.3. The Balaban J connectivity index is 1.51. The molecule has 3 rings (SSSR count). The normalized spacial score (nSPS) is 10.6. The second-order valence-corrected chi connectivity index (χ2v) is 6.19. The zero-order chi connectivity index (χ0) is 19.2. The summed E-state index contributed by atoms with van der Waals surface area (Å²) < 4.78 is 5.20. The summed E-state index contributed by atoms with van der Waals surface area (Å²) in [5.74, 6) is -0.434. The highest BCUT2D eigenvalue weighted by Crippen LogP contribution is 2.25. The molecule has 138 valence electrons. The van der Waals surface area contributed by atoms with Crippen molar-refractivity contribution in [1.82, 2.24) is 10.1 Å². The molecule has 0 saturated carbocycles. The minimum Gasteiger partial charge on any atom is -0.478 e. The molecule has 0 unspecified atom stereocenters. The summed E-state index contributed by atoms with van der Waals surface area (Å²) in [5.41, 5.74) is 1.25. The number of halogens is 1. The number of carbonyl (C=O) groups is 2. The van der Waals surface area contributed by atoms with Gasteiger partial charge in [-0.2, -0.15) is 4.98 Å². The molecule has 0 aliphatic carbocycles. The second-order valence-electron chi connectivity index (χ2n) is 5.78. The van der Waals surface area contributed by atoms with Crippen LogP contribution < -0.4 is 5.32 Å². The van der Waals surface area contributed by atoms with Crippen LogP contribution in [0.4, 0.5) is 5.69 Å². The number of carbonyl (C=O) groups excluding carboxylic acids is 1. The summed E-state index contributed by atoms with van der Waals surface area (Å²) in [7, 11) is 0. The number of anilines is 1. The molecular weight excluding hydrogens is 370 g/mol. The van der Waals surface area contributed by atoms with Gasteiger partial charge in [0.15, 0.2) is 0 Å². The number of amides is 1. The lowest BCUT2D eigenvalue weighted by molar-refractivity contribution is -0.116. The average molecular weight is 386 g/mol. The molecule has 1 amide bonds. The van der Waals surface area contributed by atoms with Crippen molar-refractivity contribution in [2.24, 2.45) is 0 Å². The monoisotopic (exact) mass is 385 g/mol. The Kier molecular flexibility index (Phi) is 5.83. The first-order valence-corrected chi connectivity index (χ1v) is 8.61. The van der Waals surface area contributed by atoms with E-state index in [1.54, 1.807) is 24.3 Å². The van der Waals surface area contributed by atoms with E-state index in [0.717, 1.165) is 0 Å². The van der Waals surface area contributed by atoms with E-state index in [1.807, 2.05) is 12.1 Å². The number of aryl methyl sites for hydroxylation is 1. The molecule has 0 aliphatic heterocycles. The molecule has 0 spiro atoms. The highest BCUT2D eigenvalue weighted by molar-refractivity contribution is 6.33. The smallest absolute Gasteiger partial charge is 0.335 e. The Bertz CT molecular complexity index is 971. The van der Waals surface area contributed by atoms with Gasteiger partial charge in [-0.1, -0.05) is 35.0 Å². The summed E-state index contributed by atoms with van der Waals surface area (Å²) in [5, 5.41) is 16.1. The molecule has 27 heavy (non-hydrogen) atoms. The van der Waals surface area contributed by atoms with Gasteiger partial charge in [-0.25, -0.2) is 4.79 Å². The quantitative estimate of drug-likeness (QED) is 0.635. The van der Waals surface area contributed by atoms with E-state index in [0.29, 0.717) is 40.8 Å². The number of hydrogen-bond acceptors (Lipinski definition) is 5. The van der Waals surface area contributed by atoms with E-state index in [4.69, 9.17) is 21.2 Å². The second kappa shape index (κ2) is 8.46. The molecule has 0 bridgehead atoms. The molecule has 3 aromatic rings. The SMILES string of the molecule is O=C(CCCc1nc(-c2ccccc2Cl)no1)Nc1cccc(C(=O)O)c1. The molecular formula is C19H16ClN3O4. The van der Waals surface area contributed by atoms with Crippen molar-refractivity contribution in [3.05, 3.63) is 65.0 Å². The largest absolute Gasteiger partial charge is 0.478 e. The van der Waals surface area contributed by atoms with Crippen molar-refractivity contribution < 1.29 is 19.2 Å². The van der Waals surface area contributed by atoms with Gasteiger partial charge in [0.25, 0.3) is 0 Å². The molecule has 7 nitrogen and oxygen atoms in total. The predicted molar refractivity (Wildman–Crippen MR) is 99.7 cm³/mol. The third-order valence-electron chi connectivity index (χ3n) is 3.77. The maximum atomic E-state index is 12.0. The highest BCUT2D eigenvalue weighted by Gasteiger charge is 2.12. The molecule has 0 atom stereocenters. The van der Waals surface area contributed by atoms with Crippen LogP contribution in [0.25, 0.3) is 11.4 Å². The van der Waals surface area contributed by atoms with Gasteiger partial charge in [0.1, 0.15) is 0 Å².